The van der Waals surface area contributed by atoms with Crippen molar-refractivity contribution in [3.63, 3.8) is 0 Å². The number of carbonyl (C=O) groups excluding carboxylic acids is 1. The Morgan fingerprint density at radius 3 is 2.50 bits per heavy atom. The van der Waals surface area contributed by atoms with Crippen LogP contribution in [0.1, 0.15) is 32.6 Å². The van der Waals surface area contributed by atoms with Crippen LogP contribution in [0.25, 0.3) is 11.1 Å². The Morgan fingerprint density at radius 1 is 1.08 bits per heavy atom. The molecule has 3 heterocycles. The maximum atomic E-state index is 12.7. The molecule has 5 heteroatoms. The predicted octanol–water partition coefficient (Wildman–Crippen LogP) is 3.30. The quantitative estimate of drug-likeness (QED) is 0.849. The summed E-state index contributed by atoms with van der Waals surface area (Å²) in [6, 6.07) is 8.53. The third-order valence-corrected chi connectivity index (χ3v) is 5.49. The van der Waals surface area contributed by atoms with Crippen LogP contribution in [0, 0.1) is 11.8 Å². The van der Waals surface area contributed by atoms with Gasteiger partial charge in [-0.05, 0) is 43.7 Å². The van der Waals surface area contributed by atoms with Gasteiger partial charge in [0, 0.05) is 32.1 Å². The number of carbonyl (C=O) groups is 1. The van der Waals surface area contributed by atoms with Crippen LogP contribution in [0.2, 0.25) is 0 Å². The second kappa shape index (κ2) is 6.46. The minimum Gasteiger partial charge on any atom is -0.423 e. The molecule has 0 saturated carbocycles. The van der Waals surface area contributed by atoms with Crippen molar-refractivity contribution in [3.05, 3.63) is 24.3 Å². The molecule has 1 aromatic heterocycles. The van der Waals surface area contributed by atoms with Gasteiger partial charge in [-0.2, -0.15) is 4.98 Å². The molecule has 0 N–H and O–H groups in total. The zero-order valence-electron chi connectivity index (χ0n) is 14.3. The van der Waals surface area contributed by atoms with Crippen LogP contribution < -0.4 is 4.90 Å². The van der Waals surface area contributed by atoms with E-state index in [1.807, 2.05) is 24.3 Å². The number of fused-ring (bicyclic) bond motifs is 1. The third-order valence-electron chi connectivity index (χ3n) is 5.49. The zero-order valence-corrected chi connectivity index (χ0v) is 14.3. The van der Waals surface area contributed by atoms with Crippen molar-refractivity contribution < 1.29 is 9.21 Å². The van der Waals surface area contributed by atoms with E-state index >= 15 is 0 Å². The summed E-state index contributed by atoms with van der Waals surface area (Å²) >= 11 is 0. The van der Waals surface area contributed by atoms with Crippen molar-refractivity contribution in [2.24, 2.45) is 11.8 Å². The fourth-order valence-corrected chi connectivity index (χ4v) is 3.80. The van der Waals surface area contributed by atoms with E-state index in [1.54, 1.807) is 0 Å². The summed E-state index contributed by atoms with van der Waals surface area (Å²) in [6.07, 6.45) is 4.08. The van der Waals surface area contributed by atoms with Crippen molar-refractivity contribution in [2.45, 2.75) is 32.6 Å². The molecule has 0 atom stereocenters. The molecule has 0 aliphatic carbocycles. The number of benzene rings is 1. The molecule has 5 nitrogen and oxygen atoms in total. The normalized spacial score (nSPS) is 20.7. The molecule has 2 aliphatic rings. The van der Waals surface area contributed by atoms with Gasteiger partial charge in [-0.3, -0.25) is 4.79 Å². The van der Waals surface area contributed by atoms with E-state index in [4.69, 9.17) is 4.42 Å². The molecule has 2 aliphatic heterocycles. The first-order valence-electron chi connectivity index (χ1n) is 9.10. The highest BCUT2D eigenvalue weighted by Gasteiger charge is 2.31. The Labute approximate surface area is 142 Å². The maximum Gasteiger partial charge on any atom is 0.298 e. The zero-order chi connectivity index (χ0) is 16.5. The van der Waals surface area contributed by atoms with E-state index in [0.29, 0.717) is 11.9 Å². The Bertz CT molecular complexity index is 677. The van der Waals surface area contributed by atoms with Crippen molar-refractivity contribution in [3.8, 4) is 0 Å². The number of amides is 1. The molecule has 4 rings (SSSR count). The highest BCUT2D eigenvalue weighted by molar-refractivity contribution is 5.79. The second-order valence-corrected chi connectivity index (χ2v) is 7.23. The predicted molar refractivity (Wildman–Crippen MR) is 93.9 cm³/mol. The molecule has 1 amide bonds. The maximum absolute atomic E-state index is 12.7. The molecule has 2 aromatic rings. The van der Waals surface area contributed by atoms with Crippen LogP contribution in [0.4, 0.5) is 6.01 Å². The van der Waals surface area contributed by atoms with Gasteiger partial charge in [0.2, 0.25) is 5.91 Å². The summed E-state index contributed by atoms with van der Waals surface area (Å²) in [6.45, 7) is 5.83. The molecular weight excluding hydrogens is 302 g/mol. The van der Waals surface area contributed by atoms with Gasteiger partial charge in [-0.1, -0.05) is 19.1 Å². The van der Waals surface area contributed by atoms with Crippen LogP contribution in [-0.2, 0) is 4.79 Å². The summed E-state index contributed by atoms with van der Waals surface area (Å²) in [5, 5.41) is 0. The van der Waals surface area contributed by atoms with Gasteiger partial charge in [-0.15, -0.1) is 0 Å². The lowest BCUT2D eigenvalue weighted by Gasteiger charge is -2.36. The number of hydrogen-bond donors (Lipinski definition) is 0. The number of anilines is 1. The number of hydrogen-bond acceptors (Lipinski definition) is 4. The number of oxazole rings is 1. The van der Waals surface area contributed by atoms with Crippen LogP contribution in [0.5, 0.6) is 0 Å². The minimum atomic E-state index is 0.166. The minimum absolute atomic E-state index is 0.166. The average Bonchev–Trinajstić information content (AvgIpc) is 3.06. The molecule has 128 valence electrons. The number of para-hydroxylation sites is 2. The summed E-state index contributed by atoms with van der Waals surface area (Å²) in [5.74, 6) is 1.29. The van der Waals surface area contributed by atoms with Crippen LogP contribution in [0.15, 0.2) is 28.7 Å². The largest absolute Gasteiger partial charge is 0.423 e. The summed E-state index contributed by atoms with van der Waals surface area (Å²) in [7, 11) is 0. The smallest absolute Gasteiger partial charge is 0.298 e. The summed E-state index contributed by atoms with van der Waals surface area (Å²) < 4.78 is 5.85. The van der Waals surface area contributed by atoms with E-state index < -0.39 is 0 Å². The lowest BCUT2D eigenvalue weighted by molar-refractivity contribution is -0.137. The van der Waals surface area contributed by atoms with Crippen molar-refractivity contribution >= 4 is 23.0 Å². The second-order valence-electron chi connectivity index (χ2n) is 7.23. The fourth-order valence-electron chi connectivity index (χ4n) is 3.80. The summed E-state index contributed by atoms with van der Waals surface area (Å²) in [5.41, 5.74) is 1.72. The summed E-state index contributed by atoms with van der Waals surface area (Å²) in [4.78, 5) is 21.5. The van der Waals surface area contributed by atoms with Gasteiger partial charge in [0.25, 0.3) is 6.01 Å². The van der Waals surface area contributed by atoms with Crippen molar-refractivity contribution in [1.82, 2.24) is 9.88 Å². The first-order chi connectivity index (χ1) is 11.7. The molecular formula is C19H25N3O2. The lowest BCUT2D eigenvalue weighted by atomic mass is 9.93. The van der Waals surface area contributed by atoms with E-state index in [0.717, 1.165) is 68.9 Å². The van der Waals surface area contributed by atoms with Crippen LogP contribution >= 0.6 is 0 Å². The highest BCUT2D eigenvalue weighted by Crippen LogP contribution is 2.28. The highest BCUT2D eigenvalue weighted by atomic mass is 16.4. The Morgan fingerprint density at radius 2 is 1.79 bits per heavy atom. The van der Waals surface area contributed by atoms with Gasteiger partial charge >= 0.3 is 0 Å². The van der Waals surface area contributed by atoms with Gasteiger partial charge in [0.1, 0.15) is 5.52 Å². The first-order valence-corrected chi connectivity index (χ1v) is 9.10. The van der Waals surface area contributed by atoms with Gasteiger partial charge in [-0.25, -0.2) is 0 Å². The van der Waals surface area contributed by atoms with Crippen LogP contribution in [-0.4, -0.2) is 42.0 Å². The van der Waals surface area contributed by atoms with Gasteiger partial charge in [0.15, 0.2) is 5.58 Å². The molecule has 1 aromatic carbocycles. The molecule has 0 spiro atoms. The molecule has 2 saturated heterocycles. The molecule has 0 unspecified atom stereocenters. The number of piperidine rings is 2. The van der Waals surface area contributed by atoms with Gasteiger partial charge < -0.3 is 14.2 Å². The Balaban J connectivity index is 1.37. The SMILES string of the molecule is CC1CCN(C(=O)C2CCN(c3nc4ccccc4o3)CC2)CC1. The molecule has 0 bridgehead atoms. The standard InChI is InChI=1S/C19H25N3O2/c1-14-6-10-21(11-7-14)18(23)15-8-12-22(13-9-15)19-20-16-4-2-3-5-17(16)24-19/h2-5,14-15H,6-13H2,1H3. The van der Waals surface area contributed by atoms with E-state index in [2.05, 4.69) is 21.7 Å². The monoisotopic (exact) mass is 327 g/mol. The lowest BCUT2D eigenvalue weighted by Crippen LogP contribution is -2.45. The first kappa shape index (κ1) is 15.5. The van der Waals surface area contributed by atoms with E-state index in [9.17, 15) is 4.79 Å². The van der Waals surface area contributed by atoms with Gasteiger partial charge in [0.05, 0.1) is 0 Å². The number of likely N-dealkylation sites (tertiary alicyclic amines) is 1. The molecule has 24 heavy (non-hydrogen) atoms. The number of aromatic nitrogens is 1. The average molecular weight is 327 g/mol. The van der Waals surface area contributed by atoms with E-state index in [1.165, 1.54) is 0 Å². The van der Waals surface area contributed by atoms with Crippen molar-refractivity contribution in [2.75, 3.05) is 31.1 Å². The molecule has 2 fully saturated rings. The van der Waals surface area contributed by atoms with E-state index in [-0.39, 0.29) is 5.92 Å². The Kier molecular flexibility index (Phi) is 4.17. The molecule has 0 radical (unpaired) electrons. The number of rotatable bonds is 2. The Hall–Kier alpha value is -2.04. The topological polar surface area (TPSA) is 49.6 Å². The van der Waals surface area contributed by atoms with Crippen molar-refractivity contribution in [1.29, 1.82) is 0 Å². The third kappa shape index (κ3) is 2.99. The van der Waals surface area contributed by atoms with Crippen LogP contribution in [0.3, 0.4) is 0 Å². The fraction of sp³-hybridized carbons (Fsp3) is 0.579. The number of nitrogens with zero attached hydrogens (tertiary/aromatic N) is 3.